The molecule has 0 aromatic rings. The van der Waals surface area contributed by atoms with Gasteiger partial charge in [0.2, 0.25) is 0 Å². The molecule has 0 aliphatic heterocycles. The molecule has 2 heteroatoms. The lowest BCUT2D eigenvalue weighted by Gasteiger charge is -2.10. The third-order valence-corrected chi connectivity index (χ3v) is 4.53. The lowest BCUT2D eigenvalue weighted by atomic mass is 10.0. The van der Waals surface area contributed by atoms with E-state index in [1.54, 1.807) is 0 Å². The van der Waals surface area contributed by atoms with Gasteiger partial charge in [0.15, 0.2) is 0 Å². The molecule has 0 saturated carbocycles. The van der Waals surface area contributed by atoms with Crippen molar-refractivity contribution in [1.82, 2.24) is 0 Å². The van der Waals surface area contributed by atoms with Crippen LogP contribution in [0.3, 0.4) is 0 Å². The van der Waals surface area contributed by atoms with Crippen molar-refractivity contribution in [3.63, 3.8) is 0 Å². The van der Waals surface area contributed by atoms with Crippen LogP contribution in [0.25, 0.3) is 0 Å². The van der Waals surface area contributed by atoms with E-state index in [0.717, 1.165) is 12.8 Å². The average Bonchev–Trinajstić information content (AvgIpc) is 2.49. The van der Waals surface area contributed by atoms with Gasteiger partial charge < -0.3 is 5.11 Å². The summed E-state index contributed by atoms with van der Waals surface area (Å²) in [7, 11) is 0. The van der Waals surface area contributed by atoms with E-state index in [4.69, 9.17) is 0 Å². The van der Waals surface area contributed by atoms with Crippen LogP contribution in [0.1, 0.15) is 123 Å². The molecule has 0 bridgehead atoms. The maximum Gasteiger partial charge on any atom is 0.0540 e. The number of aliphatic hydroxyl groups excluding tert-OH is 1. The number of rotatable bonds is 17. The molecule has 0 heterocycles. The summed E-state index contributed by atoms with van der Waals surface area (Å²) in [6.45, 7) is 4.53. The van der Waals surface area contributed by atoms with Crippen LogP contribution in [0.4, 0.5) is 0 Å². The minimum atomic E-state index is -0.0271. The number of hydrogen-bond donors (Lipinski definition) is 1. The molecule has 0 radical (unpaired) electrons. The van der Waals surface area contributed by atoms with Crippen molar-refractivity contribution in [3.8, 4) is 0 Å². The first-order chi connectivity index (χ1) is 10.3. The van der Waals surface area contributed by atoms with Gasteiger partial charge in [0.05, 0.1) is 6.10 Å². The fourth-order valence-electron chi connectivity index (χ4n) is 3.00. The molecule has 0 aromatic carbocycles. The predicted octanol–water partition coefficient (Wildman–Crippen LogP) is 7.44. The van der Waals surface area contributed by atoms with Crippen LogP contribution in [0.2, 0.25) is 0 Å². The van der Waals surface area contributed by atoms with E-state index >= 15 is 0 Å². The number of hydrogen-bond acceptors (Lipinski definition) is 1. The Balaban J connectivity index is 0. The van der Waals surface area contributed by atoms with Gasteiger partial charge in [0, 0.05) is 0 Å². The lowest BCUT2D eigenvalue weighted by Crippen LogP contribution is -2.05. The Kier molecular flexibility index (Phi) is 23.7. The third kappa shape index (κ3) is 20.2. The summed E-state index contributed by atoms with van der Waals surface area (Å²) in [5.41, 5.74) is 0. The summed E-state index contributed by atoms with van der Waals surface area (Å²) < 4.78 is 0. The molecule has 136 valence electrons. The Morgan fingerprint density at radius 1 is 0.500 bits per heavy atom. The summed E-state index contributed by atoms with van der Waals surface area (Å²) in [6.07, 6.45) is 22.3. The Morgan fingerprint density at radius 3 is 1.09 bits per heavy atom. The molecule has 1 atom stereocenters. The van der Waals surface area contributed by atoms with Crippen LogP contribution in [-0.2, 0) is 0 Å². The predicted molar refractivity (Wildman–Crippen MR) is 103 cm³/mol. The minimum absolute atomic E-state index is 0. The van der Waals surface area contributed by atoms with Gasteiger partial charge in [0.25, 0.3) is 0 Å². The third-order valence-electron chi connectivity index (χ3n) is 4.53. The van der Waals surface area contributed by atoms with Crippen molar-refractivity contribution in [2.24, 2.45) is 0 Å². The first kappa shape index (κ1) is 24.5. The molecule has 0 aromatic heterocycles. The Morgan fingerprint density at radius 2 is 0.773 bits per heavy atom. The number of unbranched alkanes of at least 4 members (excludes halogenated alkanes) is 13. The van der Waals surface area contributed by atoms with Crippen molar-refractivity contribution in [3.05, 3.63) is 0 Å². The highest BCUT2D eigenvalue weighted by atomic mass is 35.5. The smallest absolute Gasteiger partial charge is 0.0540 e. The molecule has 22 heavy (non-hydrogen) atoms. The maximum absolute atomic E-state index is 9.95. The normalized spacial score (nSPS) is 12.1. The van der Waals surface area contributed by atoms with E-state index in [1.807, 2.05) is 0 Å². The molecule has 1 N–H and O–H groups in total. The van der Waals surface area contributed by atoms with Crippen molar-refractivity contribution < 1.29 is 5.11 Å². The monoisotopic (exact) mass is 334 g/mol. The van der Waals surface area contributed by atoms with E-state index < -0.39 is 0 Å². The van der Waals surface area contributed by atoms with Crippen molar-refractivity contribution in [2.45, 2.75) is 129 Å². The molecule has 0 rings (SSSR count). The zero-order valence-corrected chi connectivity index (χ0v) is 16.3. The first-order valence-corrected chi connectivity index (χ1v) is 9.99. The van der Waals surface area contributed by atoms with Crippen molar-refractivity contribution >= 4 is 12.4 Å². The van der Waals surface area contributed by atoms with Gasteiger partial charge in [-0.2, -0.15) is 0 Å². The highest BCUT2D eigenvalue weighted by molar-refractivity contribution is 5.85. The van der Waals surface area contributed by atoms with Crippen LogP contribution < -0.4 is 0 Å². The van der Waals surface area contributed by atoms with E-state index in [1.165, 1.54) is 96.3 Å². The number of aliphatic hydroxyl groups is 1. The molecule has 0 saturated heterocycles. The molecular weight excluding hydrogens is 292 g/mol. The van der Waals surface area contributed by atoms with Crippen LogP contribution in [-0.4, -0.2) is 11.2 Å². The highest BCUT2D eigenvalue weighted by Gasteiger charge is 2.03. The minimum Gasteiger partial charge on any atom is -0.393 e. The van der Waals surface area contributed by atoms with Crippen molar-refractivity contribution in [1.29, 1.82) is 0 Å². The molecule has 1 nitrogen and oxygen atoms in total. The van der Waals surface area contributed by atoms with E-state index in [-0.39, 0.29) is 18.5 Å². The fourth-order valence-corrected chi connectivity index (χ4v) is 3.00. The highest BCUT2D eigenvalue weighted by Crippen LogP contribution is 2.14. The van der Waals surface area contributed by atoms with Gasteiger partial charge in [-0.1, -0.05) is 110 Å². The second-order valence-electron chi connectivity index (χ2n) is 6.83. The fraction of sp³-hybridized carbons (Fsp3) is 1.00. The van der Waals surface area contributed by atoms with Gasteiger partial charge >= 0.3 is 0 Å². The Labute approximate surface area is 147 Å². The Bertz CT molecular complexity index is 185. The molecule has 0 aliphatic rings. The quantitative estimate of drug-likeness (QED) is 0.274. The van der Waals surface area contributed by atoms with Crippen molar-refractivity contribution in [2.75, 3.05) is 0 Å². The van der Waals surface area contributed by atoms with Gasteiger partial charge in [-0.15, -0.1) is 12.4 Å². The molecule has 1 unspecified atom stereocenters. The maximum atomic E-state index is 9.95. The summed E-state index contributed by atoms with van der Waals surface area (Å²) in [5.74, 6) is 0. The van der Waals surface area contributed by atoms with Crippen LogP contribution in [0, 0.1) is 0 Å². The zero-order valence-electron chi connectivity index (χ0n) is 15.5. The van der Waals surface area contributed by atoms with Gasteiger partial charge in [0.1, 0.15) is 0 Å². The SMILES string of the molecule is CCCCCCCCCCCC(O)CCCCCCCC.Cl. The second-order valence-corrected chi connectivity index (χ2v) is 6.83. The molecular formula is C20H43ClO. The van der Waals surface area contributed by atoms with E-state index in [9.17, 15) is 5.11 Å². The largest absolute Gasteiger partial charge is 0.393 e. The topological polar surface area (TPSA) is 20.2 Å². The summed E-state index contributed by atoms with van der Waals surface area (Å²) >= 11 is 0. The molecule has 0 fully saturated rings. The van der Waals surface area contributed by atoms with E-state index in [0.29, 0.717) is 0 Å². The standard InChI is InChI=1S/C20H42O.ClH/c1-3-5-7-9-11-12-13-15-17-19-20(21)18-16-14-10-8-6-4-2;/h20-21H,3-19H2,1-2H3;1H. The summed E-state index contributed by atoms with van der Waals surface area (Å²) in [6, 6.07) is 0. The first-order valence-electron chi connectivity index (χ1n) is 9.99. The molecule has 0 amide bonds. The second kappa shape index (κ2) is 21.2. The van der Waals surface area contributed by atoms with E-state index in [2.05, 4.69) is 13.8 Å². The summed E-state index contributed by atoms with van der Waals surface area (Å²) in [5, 5.41) is 9.95. The Hall–Kier alpha value is 0.250. The summed E-state index contributed by atoms with van der Waals surface area (Å²) in [4.78, 5) is 0. The van der Waals surface area contributed by atoms with Crippen LogP contribution >= 0.6 is 12.4 Å². The van der Waals surface area contributed by atoms with Gasteiger partial charge in [-0.25, -0.2) is 0 Å². The van der Waals surface area contributed by atoms with Gasteiger partial charge in [-0.3, -0.25) is 0 Å². The molecule has 0 aliphatic carbocycles. The average molecular weight is 335 g/mol. The zero-order chi connectivity index (χ0) is 15.6. The lowest BCUT2D eigenvalue weighted by molar-refractivity contribution is 0.147. The van der Waals surface area contributed by atoms with Crippen LogP contribution in [0.5, 0.6) is 0 Å². The van der Waals surface area contributed by atoms with Gasteiger partial charge in [-0.05, 0) is 12.8 Å². The van der Waals surface area contributed by atoms with Crippen LogP contribution in [0.15, 0.2) is 0 Å². The number of halogens is 1. The molecule has 0 spiro atoms.